The molecule has 0 saturated carbocycles. The molecule has 0 spiro atoms. The highest BCUT2D eigenvalue weighted by molar-refractivity contribution is 14.0. The summed E-state index contributed by atoms with van der Waals surface area (Å²) in [5.74, 6) is 3.19. The van der Waals surface area contributed by atoms with Crippen molar-refractivity contribution in [3.05, 3.63) is 35.6 Å². The van der Waals surface area contributed by atoms with E-state index in [4.69, 9.17) is 0 Å². The van der Waals surface area contributed by atoms with Crippen molar-refractivity contribution < 1.29 is 4.39 Å². The zero-order valence-corrected chi connectivity index (χ0v) is 16.8. The van der Waals surface area contributed by atoms with E-state index in [1.807, 2.05) is 17.8 Å². The van der Waals surface area contributed by atoms with Crippen LogP contribution in [0.15, 0.2) is 29.3 Å². The number of nitrogens with one attached hydrogen (secondary N) is 2. The molecule has 2 rings (SSSR count). The summed E-state index contributed by atoms with van der Waals surface area (Å²) >= 11 is 2.01. The predicted octanol–water partition coefficient (Wildman–Crippen LogP) is 3.83. The van der Waals surface area contributed by atoms with Crippen LogP contribution in [0.4, 0.5) is 4.39 Å². The molecule has 0 bridgehead atoms. The second-order valence-electron chi connectivity index (χ2n) is 5.55. The standard InChI is InChI=1S/C17H26FN3S.HI/c1-2-19-17(21-16-9-5-11-22-13-16)20-10-4-7-14-6-3-8-15(18)12-14;/h3,6,8,12,16H,2,4-5,7,9-11,13H2,1H3,(H2,19,20,21);1H. The summed E-state index contributed by atoms with van der Waals surface area (Å²) in [7, 11) is 0. The lowest BCUT2D eigenvalue weighted by Crippen LogP contribution is -2.45. The number of thioether (sulfide) groups is 1. The second-order valence-corrected chi connectivity index (χ2v) is 6.70. The van der Waals surface area contributed by atoms with Crippen LogP contribution in [0.1, 0.15) is 31.7 Å². The van der Waals surface area contributed by atoms with Crippen LogP contribution >= 0.6 is 35.7 Å². The third-order valence-corrected chi connectivity index (χ3v) is 4.84. The minimum atomic E-state index is -0.161. The fourth-order valence-corrected chi connectivity index (χ4v) is 3.61. The summed E-state index contributed by atoms with van der Waals surface area (Å²) < 4.78 is 13.1. The molecule has 2 N–H and O–H groups in total. The lowest BCUT2D eigenvalue weighted by atomic mass is 10.1. The van der Waals surface area contributed by atoms with Gasteiger partial charge in [-0.15, -0.1) is 24.0 Å². The van der Waals surface area contributed by atoms with Crippen LogP contribution in [0.25, 0.3) is 0 Å². The van der Waals surface area contributed by atoms with Crippen molar-refractivity contribution in [3.8, 4) is 0 Å². The Kier molecular flexibility index (Phi) is 10.7. The van der Waals surface area contributed by atoms with Gasteiger partial charge in [0.1, 0.15) is 5.82 Å². The maximum Gasteiger partial charge on any atom is 0.191 e. The molecular weight excluding hydrogens is 424 g/mol. The fraction of sp³-hybridized carbons (Fsp3) is 0.588. The Bertz CT molecular complexity index is 479. The van der Waals surface area contributed by atoms with Crippen LogP contribution < -0.4 is 10.6 Å². The number of hydrogen-bond acceptors (Lipinski definition) is 2. The number of guanidine groups is 1. The van der Waals surface area contributed by atoms with Crippen LogP contribution in [0.2, 0.25) is 0 Å². The molecule has 6 heteroatoms. The van der Waals surface area contributed by atoms with Gasteiger partial charge >= 0.3 is 0 Å². The van der Waals surface area contributed by atoms with Crippen molar-refractivity contribution in [1.29, 1.82) is 0 Å². The van der Waals surface area contributed by atoms with Gasteiger partial charge in [-0.05, 0) is 56.1 Å². The third kappa shape index (κ3) is 8.24. The van der Waals surface area contributed by atoms with Crippen LogP contribution in [-0.4, -0.2) is 36.6 Å². The average molecular weight is 451 g/mol. The van der Waals surface area contributed by atoms with E-state index < -0.39 is 0 Å². The first-order chi connectivity index (χ1) is 10.8. The third-order valence-electron chi connectivity index (χ3n) is 3.63. The number of aryl methyl sites for hydroxylation is 1. The highest BCUT2D eigenvalue weighted by Crippen LogP contribution is 2.16. The Morgan fingerprint density at radius 2 is 2.30 bits per heavy atom. The van der Waals surface area contributed by atoms with Crippen molar-refractivity contribution in [3.63, 3.8) is 0 Å². The van der Waals surface area contributed by atoms with Crippen molar-refractivity contribution >= 4 is 41.7 Å². The smallest absolute Gasteiger partial charge is 0.191 e. The van der Waals surface area contributed by atoms with E-state index in [0.29, 0.717) is 6.04 Å². The SMILES string of the molecule is CCNC(=NCCCc1cccc(F)c1)NC1CCCSC1.I. The van der Waals surface area contributed by atoms with Crippen molar-refractivity contribution in [2.24, 2.45) is 4.99 Å². The van der Waals surface area contributed by atoms with E-state index in [0.717, 1.165) is 43.2 Å². The van der Waals surface area contributed by atoms with Gasteiger partial charge in [0.15, 0.2) is 5.96 Å². The molecule has 1 aromatic carbocycles. The van der Waals surface area contributed by atoms with Gasteiger partial charge in [0, 0.05) is 24.9 Å². The molecule has 1 atom stereocenters. The van der Waals surface area contributed by atoms with Gasteiger partial charge in [-0.1, -0.05) is 12.1 Å². The molecule has 1 aliphatic rings. The highest BCUT2D eigenvalue weighted by atomic mass is 127. The number of benzene rings is 1. The number of aliphatic imine (C=N–C) groups is 1. The number of halogens is 2. The van der Waals surface area contributed by atoms with Crippen LogP contribution in [-0.2, 0) is 6.42 Å². The summed E-state index contributed by atoms with van der Waals surface area (Å²) in [6, 6.07) is 7.35. The average Bonchev–Trinajstić information content (AvgIpc) is 2.53. The first-order valence-corrected chi connectivity index (χ1v) is 9.30. The fourth-order valence-electron chi connectivity index (χ4n) is 2.53. The molecule has 3 nitrogen and oxygen atoms in total. The van der Waals surface area contributed by atoms with Crippen LogP contribution in [0.5, 0.6) is 0 Å². The van der Waals surface area contributed by atoms with Crippen LogP contribution in [0, 0.1) is 5.82 Å². The predicted molar refractivity (Wildman–Crippen MR) is 110 cm³/mol. The topological polar surface area (TPSA) is 36.4 Å². The van der Waals surface area contributed by atoms with Gasteiger partial charge in [0.25, 0.3) is 0 Å². The molecule has 1 heterocycles. The van der Waals surface area contributed by atoms with Gasteiger partial charge in [-0.2, -0.15) is 11.8 Å². The summed E-state index contributed by atoms with van der Waals surface area (Å²) in [5, 5.41) is 6.83. The van der Waals surface area contributed by atoms with Gasteiger partial charge in [0.05, 0.1) is 0 Å². The molecule has 1 fully saturated rings. The van der Waals surface area contributed by atoms with Crippen molar-refractivity contribution in [1.82, 2.24) is 10.6 Å². The van der Waals surface area contributed by atoms with E-state index in [1.54, 1.807) is 12.1 Å². The molecular formula is C17H27FIN3S. The van der Waals surface area contributed by atoms with E-state index >= 15 is 0 Å². The Labute approximate surface area is 160 Å². The lowest BCUT2D eigenvalue weighted by molar-refractivity contribution is 0.581. The first kappa shape index (κ1) is 20.5. The quantitative estimate of drug-likeness (QED) is 0.299. The Balaban J connectivity index is 0.00000264. The Morgan fingerprint density at radius 1 is 1.43 bits per heavy atom. The lowest BCUT2D eigenvalue weighted by Gasteiger charge is -2.24. The maximum absolute atomic E-state index is 13.1. The molecule has 1 aliphatic heterocycles. The molecule has 1 unspecified atom stereocenters. The number of hydrogen-bond donors (Lipinski definition) is 2. The minimum Gasteiger partial charge on any atom is -0.357 e. The van der Waals surface area contributed by atoms with E-state index in [1.165, 1.54) is 24.7 Å². The number of nitrogens with zero attached hydrogens (tertiary/aromatic N) is 1. The Hall–Kier alpha value is -0.500. The van der Waals surface area contributed by atoms with E-state index in [2.05, 4.69) is 22.5 Å². The Morgan fingerprint density at radius 3 is 3.00 bits per heavy atom. The molecule has 0 amide bonds. The monoisotopic (exact) mass is 451 g/mol. The summed E-state index contributed by atoms with van der Waals surface area (Å²) in [4.78, 5) is 4.64. The first-order valence-electron chi connectivity index (χ1n) is 8.15. The van der Waals surface area contributed by atoms with Gasteiger partial charge in [0.2, 0.25) is 0 Å². The van der Waals surface area contributed by atoms with E-state index in [9.17, 15) is 4.39 Å². The van der Waals surface area contributed by atoms with Gasteiger partial charge in [-0.25, -0.2) is 4.39 Å². The molecule has 0 radical (unpaired) electrons. The molecule has 130 valence electrons. The second kappa shape index (κ2) is 11.9. The maximum atomic E-state index is 13.1. The van der Waals surface area contributed by atoms with Crippen molar-refractivity contribution in [2.75, 3.05) is 24.6 Å². The molecule has 1 aromatic rings. The van der Waals surface area contributed by atoms with Gasteiger partial charge in [-0.3, -0.25) is 4.99 Å². The molecule has 0 aromatic heterocycles. The highest BCUT2D eigenvalue weighted by Gasteiger charge is 2.14. The summed E-state index contributed by atoms with van der Waals surface area (Å²) in [5.41, 5.74) is 1.04. The number of rotatable bonds is 6. The summed E-state index contributed by atoms with van der Waals surface area (Å²) in [6.45, 7) is 3.71. The summed E-state index contributed by atoms with van der Waals surface area (Å²) in [6.07, 6.45) is 4.29. The largest absolute Gasteiger partial charge is 0.357 e. The molecule has 23 heavy (non-hydrogen) atoms. The van der Waals surface area contributed by atoms with Crippen LogP contribution in [0.3, 0.4) is 0 Å². The normalized spacial score (nSPS) is 18.2. The minimum absolute atomic E-state index is 0. The zero-order chi connectivity index (χ0) is 15.6. The van der Waals surface area contributed by atoms with Crippen molar-refractivity contribution in [2.45, 2.75) is 38.6 Å². The molecule has 1 saturated heterocycles. The van der Waals surface area contributed by atoms with E-state index in [-0.39, 0.29) is 29.8 Å². The van der Waals surface area contributed by atoms with Gasteiger partial charge < -0.3 is 10.6 Å². The molecule has 0 aliphatic carbocycles. The zero-order valence-electron chi connectivity index (χ0n) is 13.7.